The predicted octanol–water partition coefficient (Wildman–Crippen LogP) is 18.3. The zero-order valence-electron chi connectivity index (χ0n) is 42.6. The topological polar surface area (TPSA) is 78.9 Å². The molecule has 0 saturated heterocycles. The minimum absolute atomic E-state index is 0.0821. The highest BCUT2D eigenvalue weighted by molar-refractivity contribution is 5.71. The average molecular weight is 897 g/mol. The van der Waals surface area contributed by atoms with E-state index in [1.54, 1.807) is 0 Å². The van der Waals surface area contributed by atoms with Crippen LogP contribution in [0.1, 0.15) is 284 Å². The second kappa shape index (κ2) is 53.0. The molecule has 372 valence electrons. The average Bonchev–Trinajstić information content (AvgIpc) is 3.29. The molecule has 0 spiro atoms. The maximum atomic E-state index is 12.8. The van der Waals surface area contributed by atoms with Gasteiger partial charge in [0, 0.05) is 19.3 Å². The van der Waals surface area contributed by atoms with Crippen LogP contribution in [0, 0.1) is 0 Å². The summed E-state index contributed by atoms with van der Waals surface area (Å²) in [5.41, 5.74) is 0. The van der Waals surface area contributed by atoms with Crippen LogP contribution in [0.25, 0.3) is 0 Å². The summed E-state index contributed by atoms with van der Waals surface area (Å²) >= 11 is 0. The number of carbonyl (C=O) groups is 3. The Hall–Kier alpha value is -2.63. The summed E-state index contributed by atoms with van der Waals surface area (Å²) in [7, 11) is 0. The summed E-state index contributed by atoms with van der Waals surface area (Å²) in [5, 5.41) is 0. The first-order valence-corrected chi connectivity index (χ1v) is 27.6. The second-order valence-electron chi connectivity index (χ2n) is 18.5. The molecule has 0 heterocycles. The molecule has 0 amide bonds. The van der Waals surface area contributed by atoms with Crippen molar-refractivity contribution in [1.29, 1.82) is 0 Å². The zero-order chi connectivity index (χ0) is 46.5. The molecule has 0 fully saturated rings. The Bertz CT molecular complexity index is 1120. The fraction of sp³-hybridized carbons (Fsp3) is 0.810. The number of carbonyl (C=O) groups excluding carboxylic acids is 3. The summed E-state index contributed by atoms with van der Waals surface area (Å²) in [6.45, 7) is 6.60. The van der Waals surface area contributed by atoms with Gasteiger partial charge in [-0.25, -0.2) is 0 Å². The number of ether oxygens (including phenoxy) is 3. The van der Waals surface area contributed by atoms with Crippen molar-refractivity contribution in [3.63, 3.8) is 0 Å². The normalized spacial score (nSPS) is 12.4. The first-order valence-electron chi connectivity index (χ1n) is 27.6. The molecule has 1 atom stereocenters. The molecule has 6 heteroatoms. The highest BCUT2D eigenvalue weighted by Crippen LogP contribution is 2.15. The van der Waals surface area contributed by atoms with Crippen LogP contribution in [0.2, 0.25) is 0 Å². The Balaban J connectivity index is 4.39. The number of esters is 3. The van der Waals surface area contributed by atoms with Crippen LogP contribution in [0.4, 0.5) is 0 Å². The van der Waals surface area contributed by atoms with Crippen LogP contribution in [-0.2, 0) is 28.6 Å². The van der Waals surface area contributed by atoms with E-state index in [-0.39, 0.29) is 31.1 Å². The molecule has 0 aromatic rings. The van der Waals surface area contributed by atoms with E-state index >= 15 is 0 Å². The van der Waals surface area contributed by atoms with E-state index in [2.05, 4.69) is 69.4 Å². The minimum Gasteiger partial charge on any atom is -0.462 e. The van der Waals surface area contributed by atoms with E-state index in [1.165, 1.54) is 154 Å². The molecular weight excluding hydrogens is 793 g/mol. The van der Waals surface area contributed by atoms with Crippen molar-refractivity contribution in [2.45, 2.75) is 290 Å². The van der Waals surface area contributed by atoms with Gasteiger partial charge in [-0.15, -0.1) is 0 Å². The number of allylic oxidation sites excluding steroid dienone is 8. The first-order chi connectivity index (χ1) is 31.5. The van der Waals surface area contributed by atoms with Crippen molar-refractivity contribution in [1.82, 2.24) is 0 Å². The number of rotatable bonds is 50. The summed E-state index contributed by atoms with van der Waals surface area (Å²) in [4.78, 5) is 38.1. The van der Waals surface area contributed by atoms with Crippen LogP contribution in [0.15, 0.2) is 48.6 Å². The van der Waals surface area contributed by atoms with E-state index < -0.39 is 6.10 Å². The summed E-state index contributed by atoms with van der Waals surface area (Å²) in [6.07, 6.45) is 63.8. The van der Waals surface area contributed by atoms with E-state index in [1.807, 2.05) is 0 Å². The first kappa shape index (κ1) is 61.4. The van der Waals surface area contributed by atoms with Gasteiger partial charge in [-0.1, -0.05) is 211 Å². The molecule has 0 radical (unpaired) electrons. The molecule has 0 bridgehead atoms. The van der Waals surface area contributed by atoms with E-state index in [0.29, 0.717) is 19.3 Å². The van der Waals surface area contributed by atoms with Crippen LogP contribution < -0.4 is 0 Å². The highest BCUT2D eigenvalue weighted by Gasteiger charge is 2.19. The Morgan fingerprint density at radius 1 is 0.312 bits per heavy atom. The number of hydrogen-bond acceptors (Lipinski definition) is 6. The van der Waals surface area contributed by atoms with E-state index in [9.17, 15) is 14.4 Å². The molecule has 0 saturated carbocycles. The van der Waals surface area contributed by atoms with Gasteiger partial charge in [0.15, 0.2) is 6.10 Å². The van der Waals surface area contributed by atoms with Crippen molar-refractivity contribution >= 4 is 17.9 Å². The maximum absolute atomic E-state index is 12.8. The van der Waals surface area contributed by atoms with Gasteiger partial charge in [0.05, 0.1) is 0 Å². The molecule has 0 aliphatic rings. The van der Waals surface area contributed by atoms with Crippen LogP contribution in [-0.4, -0.2) is 37.2 Å². The molecule has 0 aliphatic carbocycles. The van der Waals surface area contributed by atoms with Crippen LogP contribution >= 0.6 is 0 Å². The molecule has 0 aromatic heterocycles. The molecule has 0 N–H and O–H groups in total. The standard InChI is InChI=1S/C58H104O6/c1-4-7-10-13-16-19-22-25-27-29-31-33-36-39-42-45-48-51-57(60)63-54-55(53-62-56(59)50-47-44-41-38-35-32-24-21-18-15-12-9-6-3)64-58(61)52-49-46-43-40-37-34-30-28-26-23-20-17-14-11-8-5-2/h16,19,21,24-25,27-28,30,55H,4-15,17-18,20,22-23,26,29,31-54H2,1-3H3/b19-16-,24-21-,27-25-,30-28-/t55-/m1/s1. The van der Waals surface area contributed by atoms with Gasteiger partial charge in [0.2, 0.25) is 0 Å². The third-order valence-corrected chi connectivity index (χ3v) is 12.0. The maximum Gasteiger partial charge on any atom is 0.306 e. The monoisotopic (exact) mass is 897 g/mol. The second-order valence-corrected chi connectivity index (χ2v) is 18.5. The van der Waals surface area contributed by atoms with Gasteiger partial charge < -0.3 is 14.2 Å². The number of hydrogen-bond donors (Lipinski definition) is 0. The van der Waals surface area contributed by atoms with Crippen LogP contribution in [0.3, 0.4) is 0 Å². The summed E-state index contributed by atoms with van der Waals surface area (Å²) in [5.74, 6) is -0.897. The smallest absolute Gasteiger partial charge is 0.306 e. The van der Waals surface area contributed by atoms with Crippen molar-refractivity contribution in [2.24, 2.45) is 0 Å². The Kier molecular flexibility index (Phi) is 50.8. The quantitative estimate of drug-likeness (QED) is 0.0262. The molecule has 0 unspecified atom stereocenters. The lowest BCUT2D eigenvalue weighted by Crippen LogP contribution is -2.30. The summed E-state index contributed by atoms with van der Waals surface area (Å²) in [6, 6.07) is 0. The Labute approximate surface area is 397 Å². The lowest BCUT2D eigenvalue weighted by atomic mass is 10.1. The molecule has 6 nitrogen and oxygen atoms in total. The van der Waals surface area contributed by atoms with Gasteiger partial charge in [-0.05, 0) is 103 Å². The third-order valence-electron chi connectivity index (χ3n) is 12.0. The minimum atomic E-state index is -0.783. The predicted molar refractivity (Wildman–Crippen MR) is 275 cm³/mol. The van der Waals surface area contributed by atoms with E-state index in [4.69, 9.17) is 14.2 Å². The van der Waals surface area contributed by atoms with Gasteiger partial charge in [0.1, 0.15) is 13.2 Å². The van der Waals surface area contributed by atoms with Gasteiger partial charge in [-0.3, -0.25) is 14.4 Å². The fourth-order valence-electron chi connectivity index (χ4n) is 7.81. The van der Waals surface area contributed by atoms with Crippen molar-refractivity contribution in [2.75, 3.05) is 13.2 Å². The van der Waals surface area contributed by atoms with E-state index in [0.717, 1.165) is 89.9 Å². The SMILES string of the molecule is CCCCC/C=C\C/C=C\CCCCCCCCCC(=O)OC[C@@H](COC(=O)CCCCCCC/C=C\CCCCCC)OC(=O)CCCCCCC/C=C\CCCCCCCCC. The Morgan fingerprint density at radius 3 is 0.922 bits per heavy atom. The van der Waals surface area contributed by atoms with Gasteiger partial charge in [0.25, 0.3) is 0 Å². The van der Waals surface area contributed by atoms with Crippen LogP contribution in [0.5, 0.6) is 0 Å². The molecular formula is C58H104O6. The largest absolute Gasteiger partial charge is 0.462 e. The summed E-state index contributed by atoms with van der Waals surface area (Å²) < 4.78 is 16.8. The third kappa shape index (κ3) is 50.4. The molecule has 0 aromatic carbocycles. The number of unbranched alkanes of at least 4 members (excludes halogenated alkanes) is 31. The van der Waals surface area contributed by atoms with Gasteiger partial charge >= 0.3 is 17.9 Å². The zero-order valence-corrected chi connectivity index (χ0v) is 42.6. The molecule has 0 aliphatic heterocycles. The Morgan fingerprint density at radius 2 is 0.562 bits per heavy atom. The lowest BCUT2D eigenvalue weighted by Gasteiger charge is -2.18. The molecule has 64 heavy (non-hydrogen) atoms. The van der Waals surface area contributed by atoms with Crippen molar-refractivity contribution in [3.8, 4) is 0 Å². The van der Waals surface area contributed by atoms with Crippen molar-refractivity contribution in [3.05, 3.63) is 48.6 Å². The van der Waals surface area contributed by atoms with Crippen molar-refractivity contribution < 1.29 is 28.6 Å². The highest BCUT2D eigenvalue weighted by atomic mass is 16.6. The van der Waals surface area contributed by atoms with Gasteiger partial charge in [-0.2, -0.15) is 0 Å². The fourth-order valence-corrected chi connectivity index (χ4v) is 7.81. The molecule has 0 rings (SSSR count). The lowest BCUT2D eigenvalue weighted by molar-refractivity contribution is -0.167.